The van der Waals surface area contributed by atoms with Gasteiger partial charge in [0.05, 0.1) is 31.1 Å². The maximum Gasteiger partial charge on any atom is 0.410 e. The van der Waals surface area contributed by atoms with E-state index in [1.54, 1.807) is 19.4 Å². The Labute approximate surface area is 128 Å². The van der Waals surface area contributed by atoms with E-state index in [1.165, 1.54) is 6.20 Å². The molecule has 1 saturated heterocycles. The summed E-state index contributed by atoms with van der Waals surface area (Å²) in [7, 11) is 1.58. The number of aromatic nitrogens is 1. The lowest BCUT2D eigenvalue weighted by atomic mass is 10.2. The molecule has 0 saturated carbocycles. The van der Waals surface area contributed by atoms with Gasteiger partial charge in [-0.2, -0.15) is 0 Å². The van der Waals surface area contributed by atoms with E-state index in [9.17, 15) is 9.59 Å². The Morgan fingerprint density at radius 2 is 2.00 bits per heavy atom. The average molecular weight is 308 g/mol. The fourth-order valence-electron chi connectivity index (χ4n) is 2.31. The Balaban J connectivity index is 1.91. The molecule has 2 amide bonds. The van der Waals surface area contributed by atoms with Crippen molar-refractivity contribution in [1.82, 2.24) is 9.88 Å². The number of amides is 2. The van der Waals surface area contributed by atoms with E-state index in [1.807, 2.05) is 4.90 Å². The summed E-state index contributed by atoms with van der Waals surface area (Å²) in [5, 5.41) is 0. The van der Waals surface area contributed by atoms with Gasteiger partial charge in [0.15, 0.2) is 5.75 Å². The number of anilines is 1. The first-order valence-electron chi connectivity index (χ1n) is 7.04. The number of carbonyl (C=O) groups is 2. The number of ether oxygens (including phenoxy) is 2. The molecule has 2 rings (SSSR count). The van der Waals surface area contributed by atoms with Crippen LogP contribution in [0.4, 0.5) is 10.5 Å². The Kier molecular flexibility index (Phi) is 5.54. The minimum absolute atomic E-state index is 0.102. The van der Waals surface area contributed by atoms with Gasteiger partial charge in [0.2, 0.25) is 5.91 Å². The molecule has 0 atom stereocenters. The van der Waals surface area contributed by atoms with Gasteiger partial charge in [-0.25, -0.2) is 4.79 Å². The van der Waals surface area contributed by atoms with Gasteiger partial charge in [0.25, 0.3) is 0 Å². The second-order valence-corrected chi connectivity index (χ2v) is 4.91. The van der Waals surface area contributed by atoms with Crippen LogP contribution in [0, 0.1) is 0 Å². The number of piperazine rings is 1. The zero-order valence-electron chi connectivity index (χ0n) is 12.5. The van der Waals surface area contributed by atoms with Gasteiger partial charge in [-0.05, 0) is 0 Å². The molecular formula is C14H20N4O4. The van der Waals surface area contributed by atoms with Crippen molar-refractivity contribution in [2.75, 3.05) is 44.8 Å². The Morgan fingerprint density at radius 1 is 1.27 bits per heavy atom. The molecule has 0 unspecified atom stereocenters. The lowest BCUT2D eigenvalue weighted by Crippen LogP contribution is -2.49. The molecule has 2 heterocycles. The minimum Gasteiger partial charge on any atom is -0.409 e. The normalized spacial score (nSPS) is 14.8. The lowest BCUT2D eigenvalue weighted by Gasteiger charge is -2.36. The van der Waals surface area contributed by atoms with Crippen molar-refractivity contribution < 1.29 is 19.1 Å². The van der Waals surface area contributed by atoms with Crippen LogP contribution in [0.5, 0.6) is 5.75 Å². The smallest absolute Gasteiger partial charge is 0.409 e. The van der Waals surface area contributed by atoms with Crippen LogP contribution in [0.2, 0.25) is 0 Å². The van der Waals surface area contributed by atoms with Crippen LogP contribution >= 0.6 is 0 Å². The van der Waals surface area contributed by atoms with Crippen LogP contribution in [0.25, 0.3) is 0 Å². The monoisotopic (exact) mass is 308 g/mol. The molecule has 120 valence electrons. The van der Waals surface area contributed by atoms with E-state index in [0.29, 0.717) is 45.0 Å². The molecule has 1 aliphatic heterocycles. The van der Waals surface area contributed by atoms with Crippen molar-refractivity contribution in [2.24, 2.45) is 5.73 Å². The minimum atomic E-state index is -0.868. The van der Waals surface area contributed by atoms with Gasteiger partial charge in [0, 0.05) is 39.4 Å². The topological polar surface area (TPSA) is 98.0 Å². The molecular weight excluding hydrogens is 288 g/mol. The third kappa shape index (κ3) is 4.32. The predicted octanol–water partition coefficient (Wildman–Crippen LogP) is 0.224. The Bertz CT molecular complexity index is 529. The van der Waals surface area contributed by atoms with E-state index < -0.39 is 6.09 Å². The molecule has 0 bridgehead atoms. The van der Waals surface area contributed by atoms with Gasteiger partial charge in [-0.3, -0.25) is 9.78 Å². The van der Waals surface area contributed by atoms with Crippen molar-refractivity contribution >= 4 is 17.7 Å². The van der Waals surface area contributed by atoms with Crippen molar-refractivity contribution in [2.45, 2.75) is 6.42 Å². The van der Waals surface area contributed by atoms with Crippen LogP contribution in [-0.4, -0.2) is 61.8 Å². The highest BCUT2D eigenvalue weighted by atomic mass is 16.5. The maximum atomic E-state index is 11.9. The number of nitrogens with zero attached hydrogens (tertiary/aromatic N) is 3. The number of rotatable bonds is 5. The second kappa shape index (κ2) is 7.60. The van der Waals surface area contributed by atoms with Crippen LogP contribution in [0.3, 0.4) is 0 Å². The van der Waals surface area contributed by atoms with Crippen molar-refractivity contribution in [3.8, 4) is 5.75 Å². The van der Waals surface area contributed by atoms with E-state index in [0.717, 1.165) is 5.69 Å². The molecule has 1 aliphatic rings. The van der Waals surface area contributed by atoms with E-state index >= 15 is 0 Å². The summed E-state index contributed by atoms with van der Waals surface area (Å²) in [6.45, 7) is 3.11. The Hall–Kier alpha value is -2.35. The van der Waals surface area contributed by atoms with Crippen LogP contribution in [0.1, 0.15) is 6.42 Å². The first-order valence-corrected chi connectivity index (χ1v) is 7.04. The van der Waals surface area contributed by atoms with Crippen LogP contribution < -0.4 is 15.4 Å². The fraction of sp³-hybridized carbons (Fsp3) is 0.500. The van der Waals surface area contributed by atoms with Crippen molar-refractivity contribution in [3.05, 3.63) is 18.5 Å². The molecule has 1 aromatic rings. The fourth-order valence-corrected chi connectivity index (χ4v) is 2.31. The standard InChI is InChI=1S/C14H20N4O4/c1-21-7-2-13(19)18-5-3-17(4-6-18)11-8-12(10-16-9-11)22-14(15)20/h8-10H,2-7H2,1H3,(H2,15,20). The third-order valence-electron chi connectivity index (χ3n) is 3.43. The van der Waals surface area contributed by atoms with Gasteiger partial charge in [-0.15, -0.1) is 0 Å². The summed E-state index contributed by atoms with van der Waals surface area (Å²) in [4.78, 5) is 30.6. The highest BCUT2D eigenvalue weighted by Gasteiger charge is 2.21. The summed E-state index contributed by atoms with van der Waals surface area (Å²) in [5.74, 6) is 0.411. The summed E-state index contributed by atoms with van der Waals surface area (Å²) >= 11 is 0. The molecule has 22 heavy (non-hydrogen) atoms. The summed E-state index contributed by atoms with van der Waals surface area (Å²) in [6, 6.07) is 1.71. The molecule has 8 nitrogen and oxygen atoms in total. The number of carbonyl (C=O) groups excluding carboxylic acids is 2. The largest absolute Gasteiger partial charge is 0.410 e. The number of primary amides is 1. The van der Waals surface area contributed by atoms with E-state index in [-0.39, 0.29) is 5.91 Å². The molecule has 0 aromatic carbocycles. The molecule has 1 aromatic heterocycles. The number of hydrogen-bond acceptors (Lipinski definition) is 6. The van der Waals surface area contributed by atoms with Crippen molar-refractivity contribution in [3.63, 3.8) is 0 Å². The highest BCUT2D eigenvalue weighted by molar-refractivity contribution is 5.76. The third-order valence-corrected chi connectivity index (χ3v) is 3.43. The number of methoxy groups -OCH3 is 1. The molecule has 1 fully saturated rings. The lowest BCUT2D eigenvalue weighted by molar-refractivity contribution is -0.132. The van der Waals surface area contributed by atoms with Gasteiger partial charge >= 0.3 is 6.09 Å². The number of hydrogen-bond donors (Lipinski definition) is 1. The van der Waals surface area contributed by atoms with Crippen LogP contribution in [-0.2, 0) is 9.53 Å². The summed E-state index contributed by atoms with van der Waals surface area (Å²) in [5.41, 5.74) is 5.82. The van der Waals surface area contributed by atoms with Crippen LogP contribution in [0.15, 0.2) is 18.5 Å². The average Bonchev–Trinajstić information content (AvgIpc) is 2.52. The Morgan fingerprint density at radius 3 is 2.64 bits per heavy atom. The molecule has 0 spiro atoms. The zero-order valence-corrected chi connectivity index (χ0v) is 12.5. The first-order chi connectivity index (χ1) is 10.6. The molecule has 2 N–H and O–H groups in total. The molecule has 8 heteroatoms. The number of pyridine rings is 1. The van der Waals surface area contributed by atoms with Gasteiger partial charge in [0.1, 0.15) is 0 Å². The molecule has 0 aliphatic carbocycles. The maximum absolute atomic E-state index is 11.9. The highest BCUT2D eigenvalue weighted by Crippen LogP contribution is 2.21. The van der Waals surface area contributed by atoms with E-state index in [4.69, 9.17) is 15.2 Å². The predicted molar refractivity (Wildman–Crippen MR) is 79.7 cm³/mol. The SMILES string of the molecule is COCCC(=O)N1CCN(c2cncc(OC(N)=O)c2)CC1. The van der Waals surface area contributed by atoms with Gasteiger partial charge < -0.3 is 25.0 Å². The zero-order chi connectivity index (χ0) is 15.9. The van der Waals surface area contributed by atoms with Gasteiger partial charge in [-0.1, -0.05) is 0 Å². The number of nitrogens with two attached hydrogens (primary N) is 1. The van der Waals surface area contributed by atoms with E-state index in [2.05, 4.69) is 9.88 Å². The molecule has 0 radical (unpaired) electrons. The summed E-state index contributed by atoms with van der Waals surface area (Å²) < 4.78 is 9.74. The second-order valence-electron chi connectivity index (χ2n) is 4.91. The van der Waals surface area contributed by atoms with Crippen molar-refractivity contribution in [1.29, 1.82) is 0 Å². The summed E-state index contributed by atoms with van der Waals surface area (Å²) in [6.07, 6.45) is 2.65. The quantitative estimate of drug-likeness (QED) is 0.836. The first kappa shape index (κ1) is 16.0.